The molecular weight excluding hydrogens is 442 g/mol. The molecule has 1 amide bonds. The predicted octanol–water partition coefficient (Wildman–Crippen LogP) is 4.25. The number of hydrogen-bond donors (Lipinski definition) is 3. The Balaban J connectivity index is 1.37. The molecule has 1 fully saturated rings. The van der Waals surface area contributed by atoms with Gasteiger partial charge in [-0.1, -0.05) is 6.07 Å². The van der Waals surface area contributed by atoms with Crippen molar-refractivity contribution in [3.05, 3.63) is 47.5 Å². The first kappa shape index (κ1) is 22.0. The lowest BCUT2D eigenvalue weighted by Gasteiger charge is -2.30. The lowest BCUT2D eigenvalue weighted by atomic mass is 9.91. The van der Waals surface area contributed by atoms with Crippen LogP contribution in [0.15, 0.2) is 30.6 Å². The zero-order chi connectivity index (χ0) is 23.1. The first-order chi connectivity index (χ1) is 15.0. The number of fused-ring (bicyclic) bond motifs is 1. The minimum Gasteiger partial charge on any atom is -0.368 e. The number of halogens is 6. The topological polar surface area (TPSA) is 87.1 Å². The van der Waals surface area contributed by atoms with Crippen LogP contribution >= 0.6 is 0 Å². The fourth-order valence-corrected chi connectivity index (χ4v) is 3.80. The molecule has 0 saturated heterocycles. The molecular formula is C19H18F6N6O. The average Bonchev–Trinajstić information content (AvgIpc) is 3.37. The Morgan fingerprint density at radius 1 is 1.03 bits per heavy atom. The van der Waals surface area contributed by atoms with E-state index in [1.807, 2.05) is 0 Å². The van der Waals surface area contributed by atoms with Gasteiger partial charge >= 0.3 is 12.4 Å². The van der Waals surface area contributed by atoms with Crippen LogP contribution in [0.4, 0.5) is 32.2 Å². The lowest BCUT2D eigenvalue weighted by Crippen LogP contribution is -2.40. The zero-order valence-electron chi connectivity index (χ0n) is 16.4. The molecule has 1 aliphatic rings. The molecule has 32 heavy (non-hydrogen) atoms. The molecule has 3 aromatic rings. The van der Waals surface area contributed by atoms with E-state index >= 15 is 0 Å². The summed E-state index contributed by atoms with van der Waals surface area (Å²) in [6.45, 7) is 0. The molecule has 1 saturated carbocycles. The molecule has 0 atom stereocenters. The molecule has 0 unspecified atom stereocenters. The Hall–Kier alpha value is -3.25. The van der Waals surface area contributed by atoms with Crippen molar-refractivity contribution in [1.82, 2.24) is 24.9 Å². The number of aromatic amines is 1. The number of carbonyl (C=O) groups excluding carboxylic acids is 1. The van der Waals surface area contributed by atoms with Crippen molar-refractivity contribution in [3.63, 3.8) is 0 Å². The summed E-state index contributed by atoms with van der Waals surface area (Å²) >= 11 is 0. The fraction of sp³-hybridized carbons (Fsp3) is 0.421. The molecule has 172 valence electrons. The number of nitrogens with zero attached hydrogens (tertiary/aromatic N) is 3. The number of H-pyrrole nitrogens is 1. The zero-order valence-corrected chi connectivity index (χ0v) is 16.4. The average molecular weight is 460 g/mol. The standard InChI is InChI=1S/C19H18F6N6O/c20-18(21,22)13-9-31-14(2-1-3-15(31)29-13)27-10-4-6-11(7-5-10)28-17(32)12-8-26-30-16(12)19(23,24)25/h1-3,8-11,27H,4-7H2,(H,26,30)(H,28,32)/t10-,11+. The van der Waals surface area contributed by atoms with Gasteiger partial charge < -0.3 is 10.6 Å². The highest BCUT2D eigenvalue weighted by molar-refractivity contribution is 5.95. The van der Waals surface area contributed by atoms with E-state index in [0.29, 0.717) is 31.5 Å². The van der Waals surface area contributed by atoms with Crippen LogP contribution in [-0.2, 0) is 12.4 Å². The molecule has 0 radical (unpaired) electrons. The van der Waals surface area contributed by atoms with E-state index in [4.69, 9.17) is 0 Å². The summed E-state index contributed by atoms with van der Waals surface area (Å²) in [5.41, 5.74) is -2.67. The van der Waals surface area contributed by atoms with E-state index < -0.39 is 35.2 Å². The molecule has 13 heteroatoms. The van der Waals surface area contributed by atoms with Gasteiger partial charge in [0.15, 0.2) is 11.4 Å². The first-order valence-electron chi connectivity index (χ1n) is 9.76. The molecule has 0 bridgehead atoms. The van der Waals surface area contributed by atoms with Gasteiger partial charge in [0.1, 0.15) is 11.5 Å². The van der Waals surface area contributed by atoms with Crippen LogP contribution in [0.25, 0.3) is 5.65 Å². The summed E-state index contributed by atoms with van der Waals surface area (Å²) in [6.07, 6.45) is -5.33. The minimum absolute atomic E-state index is 0.0786. The summed E-state index contributed by atoms with van der Waals surface area (Å²) in [4.78, 5) is 15.8. The number of rotatable bonds is 4. The molecule has 3 N–H and O–H groups in total. The highest BCUT2D eigenvalue weighted by Gasteiger charge is 2.39. The summed E-state index contributed by atoms with van der Waals surface area (Å²) in [5, 5.41) is 11.0. The number of hydrogen-bond acceptors (Lipinski definition) is 4. The van der Waals surface area contributed by atoms with Gasteiger partial charge in [-0.25, -0.2) is 4.98 Å². The van der Waals surface area contributed by atoms with E-state index in [9.17, 15) is 31.1 Å². The summed E-state index contributed by atoms with van der Waals surface area (Å²) < 4.78 is 78.9. The van der Waals surface area contributed by atoms with Crippen molar-refractivity contribution in [2.24, 2.45) is 0 Å². The predicted molar refractivity (Wildman–Crippen MR) is 101 cm³/mol. The van der Waals surface area contributed by atoms with E-state index in [0.717, 1.165) is 12.4 Å². The van der Waals surface area contributed by atoms with Gasteiger partial charge in [-0.05, 0) is 37.8 Å². The van der Waals surface area contributed by atoms with Crippen molar-refractivity contribution in [2.45, 2.75) is 50.1 Å². The molecule has 7 nitrogen and oxygen atoms in total. The van der Waals surface area contributed by atoms with Gasteiger partial charge in [-0.3, -0.25) is 14.3 Å². The third-order valence-electron chi connectivity index (χ3n) is 5.35. The summed E-state index contributed by atoms with van der Waals surface area (Å²) in [6, 6.07) is 4.31. The third kappa shape index (κ3) is 4.50. The molecule has 3 heterocycles. The number of pyridine rings is 1. The third-order valence-corrected chi connectivity index (χ3v) is 5.35. The number of carbonyl (C=O) groups is 1. The minimum atomic E-state index is -4.74. The number of imidazole rings is 1. The molecule has 4 rings (SSSR count). The van der Waals surface area contributed by atoms with Crippen molar-refractivity contribution in [1.29, 1.82) is 0 Å². The highest BCUT2D eigenvalue weighted by atomic mass is 19.4. The second kappa shape index (κ2) is 8.02. The van der Waals surface area contributed by atoms with Gasteiger partial charge in [0.25, 0.3) is 5.91 Å². The largest absolute Gasteiger partial charge is 0.435 e. The Morgan fingerprint density at radius 3 is 2.38 bits per heavy atom. The van der Waals surface area contributed by atoms with Gasteiger partial charge in [0.2, 0.25) is 0 Å². The highest BCUT2D eigenvalue weighted by Crippen LogP contribution is 2.31. The molecule has 0 aromatic carbocycles. The second-order valence-electron chi connectivity index (χ2n) is 7.57. The van der Waals surface area contributed by atoms with E-state index in [1.54, 1.807) is 12.1 Å². The van der Waals surface area contributed by atoms with Crippen LogP contribution < -0.4 is 10.6 Å². The molecule has 0 spiro atoms. The number of alkyl halides is 6. The summed E-state index contributed by atoms with van der Waals surface area (Å²) in [7, 11) is 0. The first-order valence-corrected chi connectivity index (χ1v) is 9.76. The van der Waals surface area contributed by atoms with Gasteiger partial charge in [0, 0.05) is 24.5 Å². The Kier molecular flexibility index (Phi) is 5.51. The van der Waals surface area contributed by atoms with Crippen molar-refractivity contribution < 1.29 is 31.1 Å². The van der Waals surface area contributed by atoms with Gasteiger partial charge in [0.05, 0.1) is 5.56 Å². The van der Waals surface area contributed by atoms with E-state index in [-0.39, 0.29) is 17.7 Å². The van der Waals surface area contributed by atoms with E-state index in [2.05, 4.69) is 25.8 Å². The smallest absolute Gasteiger partial charge is 0.368 e. The normalized spacial score (nSPS) is 19.8. The maximum atomic E-state index is 13.0. The van der Waals surface area contributed by atoms with Crippen LogP contribution in [0.3, 0.4) is 0 Å². The van der Waals surface area contributed by atoms with Crippen LogP contribution in [0.2, 0.25) is 0 Å². The van der Waals surface area contributed by atoms with Crippen LogP contribution in [0.1, 0.15) is 47.4 Å². The number of nitrogens with one attached hydrogen (secondary N) is 3. The second-order valence-corrected chi connectivity index (χ2v) is 7.57. The molecule has 1 aliphatic carbocycles. The number of aromatic nitrogens is 4. The summed E-state index contributed by atoms with van der Waals surface area (Å²) in [5.74, 6) is -0.406. The van der Waals surface area contributed by atoms with Gasteiger partial charge in [-0.15, -0.1) is 0 Å². The van der Waals surface area contributed by atoms with E-state index in [1.165, 1.54) is 10.5 Å². The fourth-order valence-electron chi connectivity index (χ4n) is 3.80. The van der Waals surface area contributed by atoms with Crippen molar-refractivity contribution >= 4 is 17.4 Å². The molecule has 0 aliphatic heterocycles. The number of amides is 1. The maximum absolute atomic E-state index is 13.0. The van der Waals surface area contributed by atoms with Crippen LogP contribution in [0.5, 0.6) is 0 Å². The Labute approximate surface area is 177 Å². The van der Waals surface area contributed by atoms with Crippen molar-refractivity contribution in [3.8, 4) is 0 Å². The van der Waals surface area contributed by atoms with Crippen LogP contribution in [0, 0.1) is 0 Å². The quantitative estimate of drug-likeness (QED) is 0.508. The van der Waals surface area contributed by atoms with Gasteiger partial charge in [-0.2, -0.15) is 31.4 Å². The monoisotopic (exact) mass is 460 g/mol. The Bertz CT molecular complexity index is 1110. The SMILES string of the molecule is O=C(N[C@H]1CC[C@@H](Nc2cccc3nc(C(F)(F)F)cn23)CC1)c1c[nH]nc1C(F)(F)F. The lowest BCUT2D eigenvalue weighted by molar-refractivity contribution is -0.142. The van der Waals surface area contributed by atoms with Crippen LogP contribution in [-0.4, -0.2) is 37.6 Å². The number of anilines is 1. The maximum Gasteiger partial charge on any atom is 0.435 e. The van der Waals surface area contributed by atoms with Crippen molar-refractivity contribution in [2.75, 3.05) is 5.32 Å². The Morgan fingerprint density at radius 2 is 1.72 bits per heavy atom. The molecule has 3 aromatic heterocycles.